The molecule has 3 rings (SSSR count). The summed E-state index contributed by atoms with van der Waals surface area (Å²) < 4.78 is 18.3. The molecular formula is C19H17FN2O2S. The summed E-state index contributed by atoms with van der Waals surface area (Å²) >= 11 is 1.53. The quantitative estimate of drug-likeness (QED) is 0.706. The monoisotopic (exact) mass is 356 g/mol. The molecule has 6 heteroatoms. The number of hydrogen-bond acceptors (Lipinski definition) is 4. The van der Waals surface area contributed by atoms with E-state index in [1.165, 1.54) is 23.5 Å². The average Bonchev–Trinajstić information content (AvgIpc) is 3.09. The van der Waals surface area contributed by atoms with Gasteiger partial charge in [-0.25, -0.2) is 9.37 Å². The lowest BCUT2D eigenvalue weighted by Gasteiger charge is -2.04. The summed E-state index contributed by atoms with van der Waals surface area (Å²) in [5.74, 6) is 0.241. The highest BCUT2D eigenvalue weighted by Crippen LogP contribution is 2.27. The second-order valence-electron chi connectivity index (χ2n) is 5.43. The van der Waals surface area contributed by atoms with Crippen LogP contribution in [0.3, 0.4) is 0 Å². The minimum Gasteiger partial charge on any atom is -0.497 e. The standard InChI is InChI=1S/C19H17FN2O2S/c1-24-17-7-2-4-13(10-17)19-22-16(12-25-19)8-9-18(23)21-15-6-3-5-14(20)11-15/h2-7,10-12H,8-9H2,1H3,(H,21,23). The van der Waals surface area contributed by atoms with Gasteiger partial charge in [-0.3, -0.25) is 4.79 Å². The van der Waals surface area contributed by atoms with Crippen LogP contribution in [0.4, 0.5) is 10.1 Å². The maximum atomic E-state index is 13.1. The van der Waals surface area contributed by atoms with Gasteiger partial charge in [0.25, 0.3) is 0 Å². The van der Waals surface area contributed by atoms with Gasteiger partial charge in [0.15, 0.2) is 0 Å². The molecule has 1 N–H and O–H groups in total. The van der Waals surface area contributed by atoms with Crippen LogP contribution in [0, 0.1) is 5.82 Å². The number of rotatable bonds is 6. The van der Waals surface area contributed by atoms with E-state index in [0.717, 1.165) is 22.0 Å². The number of hydrogen-bond donors (Lipinski definition) is 1. The van der Waals surface area contributed by atoms with Crippen LogP contribution in [-0.4, -0.2) is 18.0 Å². The van der Waals surface area contributed by atoms with Gasteiger partial charge < -0.3 is 10.1 Å². The molecule has 128 valence electrons. The highest BCUT2D eigenvalue weighted by molar-refractivity contribution is 7.13. The molecule has 0 atom stereocenters. The van der Waals surface area contributed by atoms with Crippen LogP contribution >= 0.6 is 11.3 Å². The van der Waals surface area contributed by atoms with Crippen molar-refractivity contribution in [3.63, 3.8) is 0 Å². The van der Waals surface area contributed by atoms with E-state index in [0.29, 0.717) is 12.1 Å². The van der Waals surface area contributed by atoms with Gasteiger partial charge >= 0.3 is 0 Å². The maximum absolute atomic E-state index is 13.1. The van der Waals surface area contributed by atoms with Crippen LogP contribution in [0.2, 0.25) is 0 Å². The van der Waals surface area contributed by atoms with Gasteiger partial charge in [-0.05, 0) is 36.8 Å². The fourth-order valence-electron chi connectivity index (χ4n) is 2.34. The number of halogens is 1. The number of aryl methyl sites for hydroxylation is 1. The number of aromatic nitrogens is 1. The number of ether oxygens (including phenoxy) is 1. The Balaban J connectivity index is 1.59. The molecule has 0 aliphatic rings. The lowest BCUT2D eigenvalue weighted by Crippen LogP contribution is -2.12. The van der Waals surface area contributed by atoms with Crippen molar-refractivity contribution < 1.29 is 13.9 Å². The number of anilines is 1. The van der Waals surface area contributed by atoms with Crippen LogP contribution in [-0.2, 0) is 11.2 Å². The second kappa shape index (κ2) is 7.90. The molecule has 0 fully saturated rings. The third kappa shape index (κ3) is 4.64. The van der Waals surface area contributed by atoms with E-state index in [2.05, 4.69) is 10.3 Å². The Hall–Kier alpha value is -2.73. The van der Waals surface area contributed by atoms with Crippen molar-refractivity contribution in [3.05, 3.63) is 65.4 Å². The molecule has 0 unspecified atom stereocenters. The van der Waals surface area contributed by atoms with Gasteiger partial charge in [-0.1, -0.05) is 18.2 Å². The number of nitrogens with zero attached hydrogens (tertiary/aromatic N) is 1. The molecule has 25 heavy (non-hydrogen) atoms. The van der Waals surface area contributed by atoms with Crippen molar-refractivity contribution in [3.8, 4) is 16.3 Å². The third-order valence-electron chi connectivity index (χ3n) is 3.59. The molecule has 2 aromatic carbocycles. The summed E-state index contributed by atoms with van der Waals surface area (Å²) in [5, 5.41) is 5.52. The Bertz CT molecular complexity index is 879. The molecule has 1 amide bonds. The Morgan fingerprint density at radius 3 is 2.88 bits per heavy atom. The molecule has 1 aromatic heterocycles. The first kappa shape index (κ1) is 17.1. The number of carbonyl (C=O) groups excluding carboxylic acids is 1. The van der Waals surface area contributed by atoms with E-state index in [1.807, 2.05) is 29.6 Å². The Kier molecular flexibility index (Phi) is 5.40. The predicted octanol–water partition coefficient (Wildman–Crippen LogP) is 4.53. The van der Waals surface area contributed by atoms with Crippen LogP contribution in [0.1, 0.15) is 12.1 Å². The van der Waals surface area contributed by atoms with E-state index in [4.69, 9.17) is 4.74 Å². The molecule has 3 aromatic rings. The number of methoxy groups -OCH3 is 1. The lowest BCUT2D eigenvalue weighted by atomic mass is 10.2. The third-order valence-corrected chi connectivity index (χ3v) is 4.53. The van der Waals surface area contributed by atoms with Crippen molar-refractivity contribution in [1.29, 1.82) is 0 Å². The first-order valence-electron chi connectivity index (χ1n) is 7.78. The largest absolute Gasteiger partial charge is 0.497 e. The number of carbonyl (C=O) groups is 1. The zero-order valence-electron chi connectivity index (χ0n) is 13.7. The van der Waals surface area contributed by atoms with Crippen LogP contribution in [0.5, 0.6) is 5.75 Å². The zero-order valence-corrected chi connectivity index (χ0v) is 14.5. The highest BCUT2D eigenvalue weighted by atomic mass is 32.1. The zero-order chi connectivity index (χ0) is 17.6. The molecular weight excluding hydrogens is 339 g/mol. The SMILES string of the molecule is COc1cccc(-c2nc(CCC(=O)Nc3cccc(F)c3)cs2)c1. The number of thiazole rings is 1. The van der Waals surface area contributed by atoms with Crippen LogP contribution in [0.25, 0.3) is 10.6 Å². The van der Waals surface area contributed by atoms with E-state index in [9.17, 15) is 9.18 Å². The summed E-state index contributed by atoms with van der Waals surface area (Å²) in [6.45, 7) is 0. The second-order valence-corrected chi connectivity index (χ2v) is 6.29. The van der Waals surface area contributed by atoms with E-state index < -0.39 is 0 Å². The fourth-order valence-corrected chi connectivity index (χ4v) is 3.19. The van der Waals surface area contributed by atoms with Crippen molar-refractivity contribution in [1.82, 2.24) is 4.98 Å². The molecule has 0 aliphatic carbocycles. The number of amides is 1. The Morgan fingerprint density at radius 1 is 1.24 bits per heavy atom. The van der Waals surface area contributed by atoms with Crippen molar-refractivity contribution in [2.45, 2.75) is 12.8 Å². The summed E-state index contributed by atoms with van der Waals surface area (Å²) in [6.07, 6.45) is 0.819. The molecule has 0 aliphatic heterocycles. The summed E-state index contributed by atoms with van der Waals surface area (Å²) in [6, 6.07) is 13.6. The topological polar surface area (TPSA) is 51.2 Å². The summed E-state index contributed by atoms with van der Waals surface area (Å²) in [5.41, 5.74) is 2.30. The Labute approximate surface area is 149 Å². The molecule has 0 saturated heterocycles. The molecule has 4 nitrogen and oxygen atoms in total. The molecule has 0 spiro atoms. The smallest absolute Gasteiger partial charge is 0.224 e. The summed E-state index contributed by atoms with van der Waals surface area (Å²) in [7, 11) is 1.63. The van der Waals surface area contributed by atoms with Gasteiger partial charge in [0, 0.05) is 23.1 Å². The van der Waals surface area contributed by atoms with Crippen molar-refractivity contribution in [2.24, 2.45) is 0 Å². The fraction of sp³-hybridized carbons (Fsp3) is 0.158. The lowest BCUT2D eigenvalue weighted by molar-refractivity contribution is -0.116. The summed E-state index contributed by atoms with van der Waals surface area (Å²) in [4.78, 5) is 16.6. The van der Waals surface area contributed by atoms with Crippen molar-refractivity contribution in [2.75, 3.05) is 12.4 Å². The van der Waals surface area contributed by atoms with Gasteiger partial charge in [-0.2, -0.15) is 0 Å². The first-order chi connectivity index (χ1) is 12.1. The van der Waals surface area contributed by atoms with Gasteiger partial charge in [0.1, 0.15) is 16.6 Å². The highest BCUT2D eigenvalue weighted by Gasteiger charge is 2.09. The molecule has 0 saturated carbocycles. The maximum Gasteiger partial charge on any atom is 0.224 e. The first-order valence-corrected chi connectivity index (χ1v) is 8.66. The van der Waals surface area contributed by atoms with Gasteiger partial charge in [-0.15, -0.1) is 11.3 Å². The molecule has 0 radical (unpaired) electrons. The van der Waals surface area contributed by atoms with E-state index in [-0.39, 0.29) is 18.1 Å². The van der Waals surface area contributed by atoms with Gasteiger partial charge in [0.05, 0.1) is 12.8 Å². The van der Waals surface area contributed by atoms with Crippen molar-refractivity contribution >= 4 is 22.9 Å². The molecule has 1 heterocycles. The average molecular weight is 356 g/mol. The van der Waals surface area contributed by atoms with E-state index in [1.54, 1.807) is 19.2 Å². The molecule has 0 bridgehead atoms. The van der Waals surface area contributed by atoms with Crippen LogP contribution < -0.4 is 10.1 Å². The van der Waals surface area contributed by atoms with Crippen LogP contribution in [0.15, 0.2) is 53.9 Å². The minimum absolute atomic E-state index is 0.165. The predicted molar refractivity (Wildman–Crippen MR) is 97.5 cm³/mol. The van der Waals surface area contributed by atoms with E-state index >= 15 is 0 Å². The Morgan fingerprint density at radius 2 is 2.08 bits per heavy atom. The normalized spacial score (nSPS) is 10.5. The number of benzene rings is 2. The minimum atomic E-state index is -0.375. The number of nitrogens with one attached hydrogen (secondary N) is 1. The van der Waals surface area contributed by atoms with Gasteiger partial charge in [0.2, 0.25) is 5.91 Å².